The number of non-ortho nitro benzene ring substituents is 1. The summed E-state index contributed by atoms with van der Waals surface area (Å²) in [5.74, 6) is -1.59. The molecule has 3 rings (SSSR count). The summed E-state index contributed by atoms with van der Waals surface area (Å²) in [5.41, 5.74) is 0.651. The first-order chi connectivity index (χ1) is 14.2. The number of hydrogen-bond acceptors (Lipinski definition) is 6. The van der Waals surface area contributed by atoms with Crippen LogP contribution in [-0.2, 0) is 0 Å². The Morgan fingerprint density at radius 3 is 2.57 bits per heavy atom. The summed E-state index contributed by atoms with van der Waals surface area (Å²) in [5, 5.41) is 24.9. The van der Waals surface area contributed by atoms with Crippen LogP contribution in [0.15, 0.2) is 59.0 Å². The molecule has 0 saturated heterocycles. The van der Waals surface area contributed by atoms with E-state index in [-0.39, 0.29) is 32.9 Å². The van der Waals surface area contributed by atoms with Gasteiger partial charge in [-0.2, -0.15) is 0 Å². The molecule has 152 valence electrons. The minimum Gasteiger partial charge on any atom is -0.478 e. The highest BCUT2D eigenvalue weighted by molar-refractivity contribution is 7.80. The number of nitrogens with zero attached hydrogens (tertiary/aromatic N) is 1. The van der Waals surface area contributed by atoms with Gasteiger partial charge in [-0.25, -0.2) is 4.79 Å². The largest absolute Gasteiger partial charge is 0.478 e. The summed E-state index contributed by atoms with van der Waals surface area (Å²) in [4.78, 5) is 33.7. The first kappa shape index (κ1) is 21.0. The highest BCUT2D eigenvalue weighted by Crippen LogP contribution is 2.26. The van der Waals surface area contributed by atoms with Crippen molar-refractivity contribution < 1.29 is 24.0 Å². The highest BCUT2D eigenvalue weighted by atomic mass is 35.5. The number of halogens is 1. The monoisotopic (exact) mass is 445 g/mol. The Hall–Kier alpha value is -3.76. The van der Waals surface area contributed by atoms with Crippen molar-refractivity contribution in [2.45, 2.75) is 0 Å². The fourth-order valence-corrected chi connectivity index (χ4v) is 2.95. The molecule has 0 aliphatic heterocycles. The average Bonchev–Trinajstić information content (AvgIpc) is 3.18. The molecule has 1 heterocycles. The number of carboxylic acid groups (broad SMARTS) is 1. The lowest BCUT2D eigenvalue weighted by Crippen LogP contribution is -2.33. The number of thiocarbonyl (C=S) groups is 1. The molecular weight excluding hydrogens is 434 g/mol. The van der Waals surface area contributed by atoms with Crippen molar-refractivity contribution in [1.29, 1.82) is 0 Å². The number of hydrogen-bond donors (Lipinski definition) is 3. The molecule has 3 aromatic rings. The smallest absolute Gasteiger partial charge is 0.337 e. The minimum absolute atomic E-state index is 0.00857. The molecule has 0 fully saturated rings. The zero-order valence-corrected chi connectivity index (χ0v) is 16.5. The average molecular weight is 446 g/mol. The number of nitrogens with one attached hydrogen (secondary N) is 2. The summed E-state index contributed by atoms with van der Waals surface area (Å²) in [6.45, 7) is 0. The first-order valence-corrected chi connectivity index (χ1v) is 9.03. The number of amides is 1. The van der Waals surface area contributed by atoms with E-state index in [1.54, 1.807) is 6.07 Å². The molecule has 0 bridgehead atoms. The standard InChI is InChI=1S/C19H12ClN3O6S/c20-14-9-11(4-5-13(14)18(25)26)21-19(30)22-17(24)16-7-6-15(29-16)10-2-1-3-12(8-10)23(27)28/h1-9H,(H,25,26)(H2,21,22,24,30). The van der Waals surface area contributed by atoms with E-state index >= 15 is 0 Å². The predicted octanol–water partition coefficient (Wildman–Crippen LogP) is 4.33. The zero-order chi connectivity index (χ0) is 21.8. The van der Waals surface area contributed by atoms with E-state index in [1.807, 2.05) is 0 Å². The number of nitro benzene ring substituents is 1. The van der Waals surface area contributed by atoms with Crippen LogP contribution in [0.25, 0.3) is 11.3 Å². The van der Waals surface area contributed by atoms with E-state index in [9.17, 15) is 19.7 Å². The molecular formula is C19H12ClN3O6S. The van der Waals surface area contributed by atoms with Gasteiger partial charge in [-0.3, -0.25) is 20.2 Å². The molecule has 0 atom stereocenters. The van der Waals surface area contributed by atoms with Crippen molar-refractivity contribution >= 4 is 52.2 Å². The molecule has 0 saturated carbocycles. The van der Waals surface area contributed by atoms with E-state index in [2.05, 4.69) is 10.6 Å². The number of carbonyl (C=O) groups is 2. The summed E-state index contributed by atoms with van der Waals surface area (Å²) in [6.07, 6.45) is 0. The number of carboxylic acids is 1. The second kappa shape index (κ2) is 8.72. The van der Waals surface area contributed by atoms with E-state index in [1.165, 1.54) is 48.5 Å². The second-order valence-corrected chi connectivity index (χ2v) is 6.69. The third kappa shape index (κ3) is 4.80. The molecule has 9 nitrogen and oxygen atoms in total. The van der Waals surface area contributed by atoms with Gasteiger partial charge in [0.2, 0.25) is 0 Å². The summed E-state index contributed by atoms with van der Waals surface area (Å²) in [7, 11) is 0. The Labute approximate surface area is 179 Å². The zero-order valence-electron chi connectivity index (χ0n) is 14.9. The Kier molecular flexibility index (Phi) is 6.09. The van der Waals surface area contributed by atoms with Gasteiger partial charge in [0.05, 0.1) is 15.5 Å². The molecule has 11 heteroatoms. The van der Waals surface area contributed by atoms with Crippen molar-refractivity contribution in [3.05, 3.63) is 81.1 Å². The summed E-state index contributed by atoms with van der Waals surface area (Å²) in [6, 6.07) is 12.8. The first-order valence-electron chi connectivity index (χ1n) is 8.24. The van der Waals surface area contributed by atoms with Crippen molar-refractivity contribution in [1.82, 2.24) is 5.32 Å². The molecule has 2 aromatic carbocycles. The van der Waals surface area contributed by atoms with Gasteiger partial charge >= 0.3 is 5.97 Å². The quantitative estimate of drug-likeness (QED) is 0.300. The van der Waals surface area contributed by atoms with Gasteiger partial charge in [-0.1, -0.05) is 23.7 Å². The van der Waals surface area contributed by atoms with Crippen LogP contribution in [0.4, 0.5) is 11.4 Å². The molecule has 0 spiro atoms. The van der Waals surface area contributed by atoms with E-state index in [0.29, 0.717) is 11.3 Å². The maximum absolute atomic E-state index is 12.3. The van der Waals surface area contributed by atoms with Gasteiger partial charge in [-0.15, -0.1) is 0 Å². The van der Waals surface area contributed by atoms with Gasteiger partial charge in [0.25, 0.3) is 11.6 Å². The molecule has 0 aliphatic carbocycles. The Morgan fingerprint density at radius 2 is 1.90 bits per heavy atom. The van der Waals surface area contributed by atoms with Crippen LogP contribution in [0.1, 0.15) is 20.9 Å². The van der Waals surface area contributed by atoms with Gasteiger partial charge < -0.3 is 14.8 Å². The van der Waals surface area contributed by atoms with Crippen molar-refractivity contribution in [3.8, 4) is 11.3 Å². The number of carbonyl (C=O) groups excluding carboxylic acids is 1. The van der Waals surface area contributed by atoms with Crippen molar-refractivity contribution in [2.75, 3.05) is 5.32 Å². The van der Waals surface area contributed by atoms with Crippen LogP contribution in [-0.4, -0.2) is 27.0 Å². The summed E-state index contributed by atoms with van der Waals surface area (Å²) < 4.78 is 5.47. The van der Waals surface area contributed by atoms with Crippen LogP contribution in [0.2, 0.25) is 5.02 Å². The number of rotatable bonds is 5. The topological polar surface area (TPSA) is 135 Å². The van der Waals surface area contributed by atoms with E-state index in [0.717, 1.165) is 0 Å². The number of nitro groups is 1. The fraction of sp³-hybridized carbons (Fsp3) is 0. The maximum atomic E-state index is 12.3. The van der Waals surface area contributed by atoms with Crippen molar-refractivity contribution in [2.24, 2.45) is 0 Å². The number of aromatic carboxylic acids is 1. The molecule has 30 heavy (non-hydrogen) atoms. The van der Waals surface area contributed by atoms with Crippen molar-refractivity contribution in [3.63, 3.8) is 0 Å². The van der Waals surface area contributed by atoms with Crippen LogP contribution < -0.4 is 10.6 Å². The normalized spacial score (nSPS) is 10.3. The van der Waals surface area contributed by atoms with Crippen LogP contribution in [0.3, 0.4) is 0 Å². The predicted molar refractivity (Wildman–Crippen MR) is 113 cm³/mol. The van der Waals surface area contributed by atoms with Gasteiger partial charge in [-0.05, 0) is 42.5 Å². The molecule has 0 radical (unpaired) electrons. The van der Waals surface area contributed by atoms with Gasteiger partial charge in [0.15, 0.2) is 10.9 Å². The molecule has 3 N–H and O–H groups in total. The van der Waals surface area contributed by atoms with Crippen LogP contribution in [0, 0.1) is 10.1 Å². The Balaban J connectivity index is 1.67. The van der Waals surface area contributed by atoms with E-state index in [4.69, 9.17) is 33.3 Å². The molecule has 0 unspecified atom stereocenters. The molecule has 0 aliphatic rings. The lowest BCUT2D eigenvalue weighted by atomic mass is 10.1. The lowest BCUT2D eigenvalue weighted by molar-refractivity contribution is -0.384. The molecule has 1 amide bonds. The third-order valence-corrected chi connectivity index (χ3v) is 4.37. The van der Waals surface area contributed by atoms with Gasteiger partial charge in [0, 0.05) is 23.4 Å². The Morgan fingerprint density at radius 1 is 1.13 bits per heavy atom. The Bertz CT molecular complexity index is 1180. The maximum Gasteiger partial charge on any atom is 0.337 e. The fourth-order valence-electron chi connectivity index (χ4n) is 2.48. The molecule has 1 aromatic heterocycles. The van der Waals surface area contributed by atoms with Crippen LogP contribution >= 0.6 is 23.8 Å². The third-order valence-electron chi connectivity index (χ3n) is 3.86. The second-order valence-electron chi connectivity index (χ2n) is 5.88. The van der Waals surface area contributed by atoms with Gasteiger partial charge in [0.1, 0.15) is 5.76 Å². The van der Waals surface area contributed by atoms with Crippen LogP contribution in [0.5, 0.6) is 0 Å². The minimum atomic E-state index is -1.17. The number of benzene rings is 2. The number of furan rings is 1. The summed E-state index contributed by atoms with van der Waals surface area (Å²) >= 11 is 11.0. The SMILES string of the molecule is O=C(NC(=S)Nc1ccc(C(=O)O)c(Cl)c1)c1ccc(-c2cccc([N+](=O)[O-])c2)o1. The lowest BCUT2D eigenvalue weighted by Gasteiger charge is -2.09. The highest BCUT2D eigenvalue weighted by Gasteiger charge is 2.16. The van der Waals surface area contributed by atoms with E-state index < -0.39 is 16.8 Å². The number of anilines is 1.